The average molecular weight is 396 g/mol. The van der Waals surface area contributed by atoms with E-state index in [9.17, 15) is 10.3 Å². The molecule has 0 saturated carbocycles. The van der Waals surface area contributed by atoms with Crippen molar-refractivity contribution >= 4 is 5.84 Å². The number of rotatable bonds is 7. The minimum absolute atomic E-state index is 0.0208. The van der Waals surface area contributed by atoms with Crippen LogP contribution in [-0.2, 0) is 6.54 Å². The first-order valence-corrected chi connectivity index (χ1v) is 8.93. The third-order valence-electron chi connectivity index (χ3n) is 3.92. The molecule has 150 valence electrons. The second-order valence-electron chi connectivity index (χ2n) is 6.05. The molecule has 2 aromatic heterocycles. The quantitative estimate of drug-likeness (QED) is 0.136. The van der Waals surface area contributed by atoms with Crippen LogP contribution in [0.5, 0.6) is 0 Å². The van der Waals surface area contributed by atoms with Crippen LogP contribution in [0.3, 0.4) is 0 Å². The number of nitrogens with zero attached hydrogens (tertiary/aromatic N) is 7. The number of aliphatic hydroxyl groups is 2. The van der Waals surface area contributed by atoms with Crippen LogP contribution >= 0.6 is 0 Å². The van der Waals surface area contributed by atoms with Gasteiger partial charge in [-0.15, -0.1) is 15.3 Å². The van der Waals surface area contributed by atoms with Gasteiger partial charge in [0.15, 0.2) is 6.20 Å². The van der Waals surface area contributed by atoms with Crippen molar-refractivity contribution in [3.05, 3.63) is 84.5 Å². The lowest BCUT2D eigenvalue weighted by molar-refractivity contribution is -0.757. The van der Waals surface area contributed by atoms with Gasteiger partial charge in [0.2, 0.25) is 12.1 Å². The molecule has 0 amide bonds. The van der Waals surface area contributed by atoms with Crippen molar-refractivity contribution in [2.24, 2.45) is 20.4 Å². The fourth-order valence-corrected chi connectivity index (χ4v) is 2.42. The molecule has 29 heavy (non-hydrogen) atoms. The van der Waals surface area contributed by atoms with Crippen molar-refractivity contribution in [1.82, 2.24) is 9.30 Å². The molecular formula is C19H22N7O3+. The van der Waals surface area contributed by atoms with Crippen LogP contribution < -0.4 is 9.92 Å². The van der Waals surface area contributed by atoms with Crippen molar-refractivity contribution in [2.45, 2.75) is 12.8 Å². The number of azo groups is 1. The van der Waals surface area contributed by atoms with Crippen molar-refractivity contribution in [3.8, 4) is 0 Å². The van der Waals surface area contributed by atoms with E-state index in [0.29, 0.717) is 17.7 Å². The third kappa shape index (κ3) is 5.92. The molecule has 2 heterocycles. The fourth-order valence-electron chi connectivity index (χ4n) is 2.42. The molecule has 3 N–H and O–H groups in total. The third-order valence-corrected chi connectivity index (χ3v) is 3.92. The number of pyridine rings is 1. The van der Waals surface area contributed by atoms with Gasteiger partial charge in [0.25, 0.3) is 6.33 Å². The Bertz CT molecular complexity index is 1020. The van der Waals surface area contributed by atoms with Gasteiger partial charge in [-0.2, -0.15) is 5.11 Å². The summed E-state index contributed by atoms with van der Waals surface area (Å²) in [6.07, 6.45) is 6.85. The Kier molecular flexibility index (Phi) is 6.98. The van der Waals surface area contributed by atoms with Crippen LogP contribution in [0.25, 0.3) is 0 Å². The lowest BCUT2D eigenvalue weighted by Crippen LogP contribution is -2.39. The molecule has 0 saturated heterocycles. The maximum atomic E-state index is 10.1. The van der Waals surface area contributed by atoms with E-state index < -0.39 is 6.23 Å². The van der Waals surface area contributed by atoms with E-state index in [1.807, 2.05) is 34.9 Å². The Hall–Kier alpha value is -3.63. The number of benzene rings is 1. The van der Waals surface area contributed by atoms with Crippen LogP contribution in [0.1, 0.15) is 11.8 Å². The standard InChI is InChI=1S/C19H22N7O3/c27-13-12-24-8-6-17(7-9-24)21-23-19(16-4-2-1-3-5-16)22-20-14-18(28)25-10-11-26(29)15-25/h1-11,15,18,27-29H,12-14H2/q+1. The van der Waals surface area contributed by atoms with Crippen LogP contribution in [0.2, 0.25) is 0 Å². The smallest absolute Gasteiger partial charge is 0.286 e. The van der Waals surface area contributed by atoms with Crippen LogP contribution in [0, 0.1) is 0 Å². The first-order valence-electron chi connectivity index (χ1n) is 8.93. The molecule has 10 heteroatoms. The van der Waals surface area contributed by atoms with Crippen LogP contribution in [0.4, 0.5) is 0 Å². The lowest BCUT2D eigenvalue weighted by Gasteiger charge is -2.02. The molecule has 0 radical (unpaired) electrons. The Morgan fingerprint density at radius 2 is 1.83 bits per heavy atom. The van der Waals surface area contributed by atoms with E-state index in [-0.39, 0.29) is 13.2 Å². The van der Waals surface area contributed by atoms with Gasteiger partial charge in [-0.3, -0.25) is 0 Å². The summed E-state index contributed by atoms with van der Waals surface area (Å²) in [7, 11) is 0. The Labute approximate surface area is 166 Å². The Morgan fingerprint density at radius 1 is 1.07 bits per heavy atom. The number of aliphatic hydroxyl groups excluding tert-OH is 2. The van der Waals surface area contributed by atoms with Crippen molar-refractivity contribution in [3.63, 3.8) is 0 Å². The average Bonchev–Trinajstić information content (AvgIpc) is 3.19. The molecule has 0 bridgehead atoms. The van der Waals surface area contributed by atoms with Gasteiger partial charge in [-0.05, 0) is 12.1 Å². The molecule has 10 nitrogen and oxygen atoms in total. The van der Waals surface area contributed by atoms with Crippen molar-refractivity contribution in [2.75, 3.05) is 13.2 Å². The predicted octanol–water partition coefficient (Wildman–Crippen LogP) is 0.713. The van der Waals surface area contributed by atoms with Crippen molar-refractivity contribution in [1.29, 1.82) is 0 Å². The van der Waals surface area contributed by atoms with Gasteiger partial charge in [-0.25, -0.2) is 4.57 Å². The van der Waals surface area contributed by atoms with Crippen LogP contribution in [-0.4, -0.2) is 43.7 Å². The summed E-state index contributed by atoms with van der Waals surface area (Å²) in [5.41, 5.74) is 0.731. The van der Waals surface area contributed by atoms with Gasteiger partial charge < -0.3 is 20.0 Å². The Balaban J connectivity index is 1.79. The topological polar surface area (TPSA) is 124 Å². The second kappa shape index (κ2) is 10.1. The molecule has 0 spiro atoms. The SMILES string of the molecule is OCCn1ccc(=NN=C(N=NCC(O)[n+]2ccn(O)c2)c2ccccc2)cc1. The van der Waals surface area contributed by atoms with E-state index >= 15 is 0 Å². The minimum atomic E-state index is -0.975. The summed E-state index contributed by atoms with van der Waals surface area (Å²) >= 11 is 0. The first kappa shape index (κ1) is 20.1. The molecule has 0 fully saturated rings. The number of hydrogen-bond donors (Lipinski definition) is 3. The summed E-state index contributed by atoms with van der Waals surface area (Å²) in [6, 6.07) is 12.8. The fraction of sp³-hybridized carbons (Fsp3) is 0.211. The molecule has 3 rings (SSSR count). The van der Waals surface area contributed by atoms with Crippen molar-refractivity contribution < 1.29 is 20.0 Å². The van der Waals surface area contributed by atoms with Gasteiger partial charge >= 0.3 is 0 Å². The molecule has 0 aliphatic carbocycles. The zero-order chi connectivity index (χ0) is 20.5. The second-order valence-corrected chi connectivity index (χ2v) is 6.05. The number of amidine groups is 1. The summed E-state index contributed by atoms with van der Waals surface area (Å²) < 4.78 is 4.06. The normalized spacial score (nSPS) is 13.0. The lowest BCUT2D eigenvalue weighted by atomic mass is 10.2. The highest BCUT2D eigenvalue weighted by Gasteiger charge is 2.13. The minimum Gasteiger partial charge on any atom is -0.395 e. The van der Waals surface area contributed by atoms with Gasteiger partial charge in [0.1, 0.15) is 12.7 Å². The molecule has 0 aliphatic heterocycles. The predicted molar refractivity (Wildman–Crippen MR) is 103 cm³/mol. The molecule has 1 atom stereocenters. The highest BCUT2D eigenvalue weighted by molar-refractivity contribution is 5.98. The van der Waals surface area contributed by atoms with Gasteiger partial charge in [0.05, 0.1) is 12.0 Å². The summed E-state index contributed by atoms with van der Waals surface area (Å²) in [4.78, 5) is 0. The van der Waals surface area contributed by atoms with E-state index in [0.717, 1.165) is 10.3 Å². The molecule has 1 unspecified atom stereocenters. The summed E-state index contributed by atoms with van der Waals surface area (Å²) in [5, 5.41) is 45.5. The van der Waals surface area contributed by atoms with E-state index in [2.05, 4.69) is 20.4 Å². The maximum absolute atomic E-state index is 10.1. The molecular weight excluding hydrogens is 374 g/mol. The number of aromatic nitrogens is 3. The monoisotopic (exact) mass is 396 g/mol. The van der Waals surface area contributed by atoms with E-state index in [1.54, 1.807) is 24.5 Å². The highest BCUT2D eigenvalue weighted by atomic mass is 16.5. The maximum Gasteiger partial charge on any atom is 0.286 e. The zero-order valence-corrected chi connectivity index (χ0v) is 15.6. The van der Waals surface area contributed by atoms with Gasteiger partial charge in [0, 0.05) is 24.5 Å². The number of hydrogen-bond acceptors (Lipinski definition) is 6. The van der Waals surface area contributed by atoms with E-state index in [4.69, 9.17) is 5.11 Å². The number of imidazole rings is 1. The van der Waals surface area contributed by atoms with Gasteiger partial charge in [-0.1, -0.05) is 35.1 Å². The van der Waals surface area contributed by atoms with E-state index in [1.165, 1.54) is 23.3 Å². The zero-order valence-electron chi connectivity index (χ0n) is 15.6. The summed E-state index contributed by atoms with van der Waals surface area (Å²) in [6.45, 7) is 0.547. The largest absolute Gasteiger partial charge is 0.395 e. The molecule has 3 aromatic rings. The molecule has 0 aliphatic rings. The highest BCUT2D eigenvalue weighted by Crippen LogP contribution is 2.04. The summed E-state index contributed by atoms with van der Waals surface area (Å²) in [5.74, 6) is 0.301. The first-order chi connectivity index (χ1) is 14.2. The molecule has 1 aromatic carbocycles. The Morgan fingerprint density at radius 3 is 2.48 bits per heavy atom. The van der Waals surface area contributed by atoms with Crippen LogP contribution in [0.15, 0.2) is 94.0 Å².